The number of hydrogen-bond acceptors (Lipinski definition) is 2. The Labute approximate surface area is 106 Å². The Morgan fingerprint density at radius 1 is 0.882 bits per heavy atom. The van der Waals surface area contributed by atoms with E-state index in [9.17, 15) is 5.11 Å². The first kappa shape index (κ1) is 13.4. The van der Waals surface area contributed by atoms with Gasteiger partial charge in [0.15, 0.2) is 0 Å². The topological polar surface area (TPSA) is 32.3 Å². The standard InChI is InChI=1S/C15H29NO/c1-12(13-8-4-2-5-9-13)16-14-10-6-3-7-11-15(14)17/h12-17H,2-11H2,1H3. The van der Waals surface area contributed by atoms with E-state index in [4.69, 9.17) is 0 Å². The van der Waals surface area contributed by atoms with Gasteiger partial charge in [-0.2, -0.15) is 0 Å². The van der Waals surface area contributed by atoms with Gasteiger partial charge in [0.1, 0.15) is 0 Å². The van der Waals surface area contributed by atoms with E-state index in [2.05, 4.69) is 12.2 Å². The fourth-order valence-corrected chi connectivity index (χ4v) is 3.59. The molecule has 17 heavy (non-hydrogen) atoms. The molecule has 0 spiro atoms. The first-order valence-corrected chi connectivity index (χ1v) is 7.71. The van der Waals surface area contributed by atoms with Crippen LogP contribution in [0, 0.1) is 5.92 Å². The molecule has 0 bridgehead atoms. The molecule has 2 rings (SSSR count). The summed E-state index contributed by atoms with van der Waals surface area (Å²) in [6, 6.07) is 0.947. The molecule has 0 aromatic heterocycles. The Bertz CT molecular complexity index is 213. The molecule has 3 atom stereocenters. The van der Waals surface area contributed by atoms with Crippen LogP contribution in [-0.4, -0.2) is 23.3 Å². The zero-order valence-electron chi connectivity index (χ0n) is 11.3. The number of aliphatic hydroxyl groups is 1. The normalized spacial score (nSPS) is 34.2. The van der Waals surface area contributed by atoms with E-state index >= 15 is 0 Å². The van der Waals surface area contributed by atoms with Gasteiger partial charge < -0.3 is 10.4 Å². The molecule has 3 unspecified atom stereocenters. The highest BCUT2D eigenvalue weighted by Gasteiger charge is 2.26. The van der Waals surface area contributed by atoms with Crippen LogP contribution in [0.5, 0.6) is 0 Å². The van der Waals surface area contributed by atoms with E-state index in [1.54, 1.807) is 0 Å². The first-order chi connectivity index (χ1) is 8.27. The molecule has 0 saturated heterocycles. The molecule has 0 amide bonds. The van der Waals surface area contributed by atoms with Gasteiger partial charge in [-0.3, -0.25) is 0 Å². The molecule has 2 aliphatic carbocycles. The highest BCUT2D eigenvalue weighted by atomic mass is 16.3. The third-order valence-electron chi connectivity index (χ3n) is 4.81. The van der Waals surface area contributed by atoms with Crippen LogP contribution in [0.15, 0.2) is 0 Å². The molecule has 0 aliphatic heterocycles. The molecule has 0 aromatic carbocycles. The maximum Gasteiger partial charge on any atom is 0.0693 e. The SMILES string of the molecule is CC(NC1CCCCCC1O)C1CCCCC1. The number of hydrogen-bond donors (Lipinski definition) is 2. The van der Waals surface area contributed by atoms with Crippen LogP contribution < -0.4 is 5.32 Å². The quantitative estimate of drug-likeness (QED) is 0.741. The predicted molar refractivity (Wildman–Crippen MR) is 72.1 cm³/mol. The molecule has 0 aromatic rings. The van der Waals surface area contributed by atoms with E-state index in [0.29, 0.717) is 12.1 Å². The summed E-state index contributed by atoms with van der Waals surface area (Å²) in [4.78, 5) is 0. The van der Waals surface area contributed by atoms with E-state index in [1.165, 1.54) is 51.4 Å². The Kier molecular flexibility index (Phi) is 5.30. The summed E-state index contributed by atoms with van der Waals surface area (Å²) >= 11 is 0. The molecule has 2 N–H and O–H groups in total. The molecule has 0 heterocycles. The van der Waals surface area contributed by atoms with Crippen LogP contribution >= 0.6 is 0 Å². The van der Waals surface area contributed by atoms with Crippen LogP contribution in [0.1, 0.15) is 71.1 Å². The second-order valence-corrected chi connectivity index (χ2v) is 6.17. The van der Waals surface area contributed by atoms with Crippen molar-refractivity contribution in [2.45, 2.75) is 89.3 Å². The number of aliphatic hydroxyl groups excluding tert-OH is 1. The third-order valence-corrected chi connectivity index (χ3v) is 4.81. The zero-order chi connectivity index (χ0) is 12.1. The van der Waals surface area contributed by atoms with Gasteiger partial charge in [-0.05, 0) is 38.5 Å². The average molecular weight is 239 g/mol. The summed E-state index contributed by atoms with van der Waals surface area (Å²) in [7, 11) is 0. The van der Waals surface area contributed by atoms with E-state index < -0.39 is 0 Å². The predicted octanol–water partition coefficient (Wildman–Crippen LogP) is 3.24. The maximum absolute atomic E-state index is 10.1. The Morgan fingerprint density at radius 2 is 1.47 bits per heavy atom. The summed E-state index contributed by atoms with van der Waals surface area (Å²) in [5, 5.41) is 13.9. The number of nitrogens with one attached hydrogen (secondary N) is 1. The van der Waals surface area contributed by atoms with Crippen molar-refractivity contribution < 1.29 is 5.11 Å². The summed E-state index contributed by atoms with van der Waals surface area (Å²) < 4.78 is 0. The monoisotopic (exact) mass is 239 g/mol. The minimum Gasteiger partial charge on any atom is -0.392 e. The molecule has 2 saturated carbocycles. The third kappa shape index (κ3) is 3.96. The molecule has 100 valence electrons. The first-order valence-electron chi connectivity index (χ1n) is 7.71. The highest BCUT2D eigenvalue weighted by molar-refractivity contribution is 4.84. The van der Waals surface area contributed by atoms with Crippen LogP contribution in [0.25, 0.3) is 0 Å². The summed E-state index contributed by atoms with van der Waals surface area (Å²) in [6.45, 7) is 2.33. The molecule has 2 fully saturated rings. The fourth-order valence-electron chi connectivity index (χ4n) is 3.59. The van der Waals surface area contributed by atoms with E-state index in [0.717, 1.165) is 18.8 Å². The summed E-state index contributed by atoms with van der Waals surface area (Å²) in [5.41, 5.74) is 0. The van der Waals surface area contributed by atoms with Gasteiger partial charge in [-0.1, -0.05) is 38.5 Å². The minimum absolute atomic E-state index is 0.108. The van der Waals surface area contributed by atoms with Crippen molar-refractivity contribution in [2.24, 2.45) is 5.92 Å². The van der Waals surface area contributed by atoms with Crippen LogP contribution in [-0.2, 0) is 0 Å². The average Bonchev–Trinajstić information content (AvgIpc) is 2.56. The van der Waals surface area contributed by atoms with Gasteiger partial charge in [0, 0.05) is 12.1 Å². The minimum atomic E-state index is -0.108. The lowest BCUT2D eigenvalue weighted by atomic mass is 9.84. The summed E-state index contributed by atoms with van der Waals surface area (Å²) in [5.74, 6) is 0.846. The van der Waals surface area contributed by atoms with E-state index in [1.807, 2.05) is 0 Å². The van der Waals surface area contributed by atoms with Crippen LogP contribution in [0.3, 0.4) is 0 Å². The molecule has 2 aliphatic rings. The smallest absolute Gasteiger partial charge is 0.0693 e. The lowest BCUT2D eigenvalue weighted by Crippen LogP contribution is -2.47. The fraction of sp³-hybridized carbons (Fsp3) is 1.00. The van der Waals surface area contributed by atoms with Crippen molar-refractivity contribution in [1.29, 1.82) is 0 Å². The lowest BCUT2D eigenvalue weighted by Gasteiger charge is -2.33. The molecule has 2 heteroatoms. The number of rotatable bonds is 3. The van der Waals surface area contributed by atoms with Crippen molar-refractivity contribution in [1.82, 2.24) is 5.32 Å². The van der Waals surface area contributed by atoms with Crippen LogP contribution in [0.4, 0.5) is 0 Å². The zero-order valence-corrected chi connectivity index (χ0v) is 11.3. The van der Waals surface area contributed by atoms with Crippen molar-refractivity contribution in [3.05, 3.63) is 0 Å². The van der Waals surface area contributed by atoms with Crippen molar-refractivity contribution >= 4 is 0 Å². The molecular formula is C15H29NO. The second kappa shape index (κ2) is 6.75. The summed E-state index contributed by atoms with van der Waals surface area (Å²) in [6.07, 6.45) is 12.9. The van der Waals surface area contributed by atoms with Gasteiger partial charge in [-0.25, -0.2) is 0 Å². The molecule has 0 radical (unpaired) electrons. The Balaban J connectivity index is 1.80. The largest absolute Gasteiger partial charge is 0.392 e. The van der Waals surface area contributed by atoms with Gasteiger partial charge in [0.2, 0.25) is 0 Å². The Morgan fingerprint density at radius 3 is 2.18 bits per heavy atom. The van der Waals surface area contributed by atoms with Gasteiger partial charge in [0.05, 0.1) is 6.10 Å². The maximum atomic E-state index is 10.1. The van der Waals surface area contributed by atoms with Gasteiger partial charge in [-0.15, -0.1) is 0 Å². The van der Waals surface area contributed by atoms with Crippen molar-refractivity contribution in [2.75, 3.05) is 0 Å². The van der Waals surface area contributed by atoms with E-state index in [-0.39, 0.29) is 6.10 Å². The molecular weight excluding hydrogens is 210 g/mol. The van der Waals surface area contributed by atoms with Crippen LogP contribution in [0.2, 0.25) is 0 Å². The van der Waals surface area contributed by atoms with Gasteiger partial charge >= 0.3 is 0 Å². The van der Waals surface area contributed by atoms with Crippen molar-refractivity contribution in [3.63, 3.8) is 0 Å². The molecule has 2 nitrogen and oxygen atoms in total. The Hall–Kier alpha value is -0.0800. The highest BCUT2D eigenvalue weighted by Crippen LogP contribution is 2.27. The van der Waals surface area contributed by atoms with Gasteiger partial charge in [0.25, 0.3) is 0 Å². The lowest BCUT2D eigenvalue weighted by molar-refractivity contribution is 0.106. The van der Waals surface area contributed by atoms with Crippen molar-refractivity contribution in [3.8, 4) is 0 Å². The second-order valence-electron chi connectivity index (χ2n) is 6.17.